The molecule has 0 radical (unpaired) electrons. The topological polar surface area (TPSA) is 122 Å². The zero-order valence-corrected chi connectivity index (χ0v) is 25.2. The van der Waals surface area contributed by atoms with Gasteiger partial charge < -0.3 is 14.6 Å². The van der Waals surface area contributed by atoms with Gasteiger partial charge in [-0.15, -0.1) is 0 Å². The number of rotatable bonds is 7. The van der Waals surface area contributed by atoms with E-state index >= 15 is 0 Å². The minimum absolute atomic E-state index is 0.215. The van der Waals surface area contributed by atoms with E-state index in [1.165, 1.54) is 0 Å². The Morgan fingerprint density at radius 1 is 0.952 bits per heavy atom. The fraction of sp³-hybridized carbons (Fsp3) is 0.219. The summed E-state index contributed by atoms with van der Waals surface area (Å²) in [4.78, 5) is 9.55. The molecule has 10 heteroatoms. The predicted octanol–water partition coefficient (Wildman–Crippen LogP) is 6.74. The lowest BCUT2D eigenvalue weighted by molar-refractivity contribution is 0.459. The lowest BCUT2D eigenvalue weighted by atomic mass is 9.99. The highest BCUT2D eigenvalue weighted by Gasteiger charge is 2.25. The highest BCUT2D eigenvalue weighted by Crippen LogP contribution is 2.37. The molecule has 214 valence electrons. The van der Waals surface area contributed by atoms with E-state index in [0.717, 1.165) is 27.9 Å². The van der Waals surface area contributed by atoms with Crippen LogP contribution in [0, 0.1) is 25.2 Å². The molecular formula is C32H32N6O3S. The van der Waals surface area contributed by atoms with Crippen LogP contribution in [-0.2, 0) is 17.1 Å². The third-order valence-electron chi connectivity index (χ3n) is 6.55. The highest BCUT2D eigenvalue weighted by molar-refractivity contribution is 7.89. The van der Waals surface area contributed by atoms with E-state index in [1.807, 2.05) is 82.8 Å². The Morgan fingerprint density at radius 2 is 1.62 bits per heavy atom. The van der Waals surface area contributed by atoms with Gasteiger partial charge in [-0.25, -0.2) is 18.1 Å². The van der Waals surface area contributed by atoms with Gasteiger partial charge in [-0.3, -0.25) is 0 Å². The number of aryl methyl sites for hydroxylation is 3. The number of fused-ring (bicyclic) bond motifs is 1. The summed E-state index contributed by atoms with van der Waals surface area (Å²) in [6, 6.07) is 21.9. The molecule has 3 aromatic carbocycles. The van der Waals surface area contributed by atoms with Gasteiger partial charge in [0, 0.05) is 30.0 Å². The summed E-state index contributed by atoms with van der Waals surface area (Å²) in [5.74, 6) is 1.35. The van der Waals surface area contributed by atoms with Gasteiger partial charge in [-0.05, 0) is 99.8 Å². The Labute approximate surface area is 245 Å². The summed E-state index contributed by atoms with van der Waals surface area (Å²) in [5.41, 5.74) is 5.12. The van der Waals surface area contributed by atoms with Crippen molar-refractivity contribution in [2.24, 2.45) is 7.05 Å². The Morgan fingerprint density at radius 3 is 2.26 bits per heavy atom. The molecule has 0 amide bonds. The maximum Gasteiger partial charge on any atom is 0.249 e. The molecule has 0 spiro atoms. The van der Waals surface area contributed by atoms with Crippen LogP contribution in [0.5, 0.6) is 11.6 Å². The molecule has 0 aliphatic rings. The van der Waals surface area contributed by atoms with E-state index in [2.05, 4.69) is 21.1 Å². The number of benzene rings is 3. The molecule has 5 aromatic rings. The van der Waals surface area contributed by atoms with Crippen LogP contribution in [0.2, 0.25) is 0 Å². The van der Waals surface area contributed by atoms with Crippen LogP contribution in [0.25, 0.3) is 22.2 Å². The summed E-state index contributed by atoms with van der Waals surface area (Å²) in [6.07, 6.45) is 1.89. The van der Waals surface area contributed by atoms with Crippen LogP contribution in [-0.4, -0.2) is 28.5 Å². The van der Waals surface area contributed by atoms with Crippen molar-refractivity contribution in [3.63, 3.8) is 0 Å². The van der Waals surface area contributed by atoms with Crippen molar-refractivity contribution < 1.29 is 13.2 Å². The number of ether oxygens (including phenoxy) is 1. The molecule has 9 nitrogen and oxygen atoms in total. The molecule has 0 saturated carbocycles. The zero-order chi connectivity index (χ0) is 30.2. The summed E-state index contributed by atoms with van der Waals surface area (Å²) in [7, 11) is -1.86. The van der Waals surface area contributed by atoms with Crippen molar-refractivity contribution in [1.82, 2.24) is 19.3 Å². The first-order valence-corrected chi connectivity index (χ1v) is 14.9. The van der Waals surface area contributed by atoms with Crippen molar-refractivity contribution >= 4 is 32.7 Å². The summed E-state index contributed by atoms with van der Waals surface area (Å²) in [5, 5.41) is 12.3. The number of sulfonamides is 1. The minimum Gasteiger partial charge on any atom is -0.436 e. The molecule has 2 N–H and O–H groups in total. The number of nitrogens with one attached hydrogen (secondary N) is 2. The molecule has 0 aliphatic carbocycles. The Bertz CT molecular complexity index is 1930. The molecular weight excluding hydrogens is 548 g/mol. The molecule has 0 unspecified atom stereocenters. The van der Waals surface area contributed by atoms with Gasteiger partial charge in [-0.2, -0.15) is 10.2 Å². The van der Waals surface area contributed by atoms with Crippen molar-refractivity contribution in [1.29, 1.82) is 5.26 Å². The first-order valence-electron chi connectivity index (χ1n) is 13.4. The normalized spacial score (nSPS) is 11.8. The van der Waals surface area contributed by atoms with Gasteiger partial charge in [0.2, 0.25) is 21.9 Å². The molecule has 0 bridgehead atoms. The maximum absolute atomic E-state index is 13.3. The van der Waals surface area contributed by atoms with Crippen LogP contribution in [0.1, 0.15) is 37.5 Å². The fourth-order valence-corrected chi connectivity index (χ4v) is 6.45. The van der Waals surface area contributed by atoms with Crippen molar-refractivity contribution in [2.45, 2.75) is 45.1 Å². The lowest BCUT2D eigenvalue weighted by Gasteiger charge is -2.22. The monoisotopic (exact) mass is 580 g/mol. The third kappa shape index (κ3) is 5.98. The van der Waals surface area contributed by atoms with E-state index in [-0.39, 0.29) is 4.90 Å². The van der Waals surface area contributed by atoms with Crippen molar-refractivity contribution in [2.75, 3.05) is 5.32 Å². The van der Waals surface area contributed by atoms with Crippen molar-refractivity contribution in [3.05, 3.63) is 89.6 Å². The zero-order valence-electron chi connectivity index (χ0n) is 24.4. The fourth-order valence-electron chi connectivity index (χ4n) is 4.80. The van der Waals surface area contributed by atoms with Crippen LogP contribution in [0.3, 0.4) is 0 Å². The van der Waals surface area contributed by atoms with E-state index < -0.39 is 15.6 Å². The Balaban J connectivity index is 1.53. The summed E-state index contributed by atoms with van der Waals surface area (Å²) >= 11 is 0. The van der Waals surface area contributed by atoms with E-state index in [4.69, 9.17) is 15.0 Å². The summed E-state index contributed by atoms with van der Waals surface area (Å²) in [6.45, 7) is 9.30. The second-order valence-corrected chi connectivity index (χ2v) is 12.9. The van der Waals surface area contributed by atoms with Gasteiger partial charge in [0.05, 0.1) is 22.0 Å². The van der Waals surface area contributed by atoms with Gasteiger partial charge in [0.1, 0.15) is 11.3 Å². The first kappa shape index (κ1) is 28.8. The predicted molar refractivity (Wildman–Crippen MR) is 164 cm³/mol. The van der Waals surface area contributed by atoms with Crippen molar-refractivity contribution in [3.8, 4) is 28.8 Å². The largest absolute Gasteiger partial charge is 0.436 e. The minimum atomic E-state index is -3.76. The van der Waals surface area contributed by atoms with Gasteiger partial charge in [0.15, 0.2) is 0 Å². The van der Waals surface area contributed by atoms with Crippen LogP contribution in [0.4, 0.5) is 11.6 Å². The maximum atomic E-state index is 13.3. The van der Waals surface area contributed by atoms with Gasteiger partial charge in [-0.1, -0.05) is 18.2 Å². The standard InChI is InChI=1S/C32H32N6O3S/c1-20-17-23(25-9-7-8-10-27(25)42(39,40)37-32(3,4)5)18-21(2)29(20)41-30-28-26(15-16-38(28)6)35-31(36-30)34-24-13-11-22(19-33)12-14-24/h7-18,37H,1-6H3,(H,34,35,36). The lowest BCUT2D eigenvalue weighted by Crippen LogP contribution is -2.40. The third-order valence-corrected chi connectivity index (χ3v) is 8.36. The number of hydrogen-bond donors (Lipinski definition) is 2. The average molecular weight is 581 g/mol. The molecule has 2 aromatic heterocycles. The van der Waals surface area contributed by atoms with E-state index in [0.29, 0.717) is 34.2 Å². The molecule has 42 heavy (non-hydrogen) atoms. The van der Waals surface area contributed by atoms with Crippen LogP contribution in [0.15, 0.2) is 77.8 Å². The SMILES string of the molecule is Cc1cc(-c2ccccc2S(=O)(=O)NC(C)(C)C)cc(C)c1Oc1nc(Nc2ccc(C#N)cc2)nc2ccn(C)c12. The second kappa shape index (κ2) is 10.9. The molecule has 2 heterocycles. The Hall–Kier alpha value is -4.72. The van der Waals surface area contributed by atoms with Crippen LogP contribution < -0.4 is 14.8 Å². The average Bonchev–Trinajstić information content (AvgIpc) is 3.30. The second-order valence-electron chi connectivity index (χ2n) is 11.2. The van der Waals surface area contributed by atoms with Gasteiger partial charge >= 0.3 is 0 Å². The number of aromatic nitrogens is 3. The summed E-state index contributed by atoms with van der Waals surface area (Å²) < 4.78 is 37.7. The van der Waals surface area contributed by atoms with E-state index in [1.54, 1.807) is 36.4 Å². The highest BCUT2D eigenvalue weighted by atomic mass is 32.2. The Kier molecular flexibility index (Phi) is 7.49. The molecule has 5 rings (SSSR count). The first-order chi connectivity index (χ1) is 19.8. The van der Waals surface area contributed by atoms with Crippen LogP contribution >= 0.6 is 0 Å². The molecule has 0 atom stereocenters. The molecule has 0 fully saturated rings. The molecule has 0 saturated heterocycles. The smallest absolute Gasteiger partial charge is 0.249 e. The number of hydrogen-bond acceptors (Lipinski definition) is 7. The molecule has 0 aliphatic heterocycles. The number of nitrogens with zero attached hydrogens (tertiary/aromatic N) is 4. The van der Waals surface area contributed by atoms with Gasteiger partial charge in [0.25, 0.3) is 0 Å². The number of anilines is 2. The number of nitriles is 1. The van der Waals surface area contributed by atoms with E-state index in [9.17, 15) is 8.42 Å². The quantitative estimate of drug-likeness (QED) is 0.219.